The molecule has 1 aliphatic heterocycles. The molecular weight excluding hydrogens is 486 g/mol. The summed E-state index contributed by atoms with van der Waals surface area (Å²) < 4.78 is 27.0. The maximum absolute atomic E-state index is 6.55. The number of para-hydroxylation sites is 1. The lowest BCUT2D eigenvalue weighted by Gasteiger charge is -2.41. The van der Waals surface area contributed by atoms with Gasteiger partial charge in [0, 0.05) is 22.0 Å². The molecule has 0 unspecified atom stereocenters. The number of aromatic nitrogens is 1. The fraction of sp³-hybridized carbons (Fsp3) is 0.235. The molecule has 39 heavy (non-hydrogen) atoms. The number of ether oxygens (including phenoxy) is 4. The molecule has 4 aromatic carbocycles. The van der Waals surface area contributed by atoms with Crippen LogP contribution in [0.15, 0.2) is 97.1 Å². The summed E-state index contributed by atoms with van der Waals surface area (Å²) in [6.07, 6.45) is 0. The first-order chi connectivity index (χ1) is 19.1. The average molecular weight is 520 g/mol. The van der Waals surface area contributed by atoms with Crippen LogP contribution in [-0.2, 0) is 23.5 Å². The van der Waals surface area contributed by atoms with Crippen LogP contribution in [0.3, 0.4) is 0 Å². The highest BCUT2D eigenvalue weighted by Gasteiger charge is 2.38. The Hall–Kier alpha value is -4.22. The molecule has 0 bridgehead atoms. The van der Waals surface area contributed by atoms with Crippen molar-refractivity contribution in [3.8, 4) is 28.5 Å². The first kappa shape index (κ1) is 25.1. The van der Waals surface area contributed by atoms with Gasteiger partial charge in [0.2, 0.25) is 5.75 Å². The Balaban J connectivity index is 1.50. The van der Waals surface area contributed by atoms with E-state index in [0.29, 0.717) is 43.7 Å². The van der Waals surface area contributed by atoms with Gasteiger partial charge in [0.05, 0.1) is 31.6 Å². The maximum atomic E-state index is 6.55. The number of benzene rings is 4. The fourth-order valence-corrected chi connectivity index (χ4v) is 5.36. The van der Waals surface area contributed by atoms with E-state index in [1.807, 2.05) is 36.4 Å². The minimum Gasteiger partial charge on any atom is -0.493 e. The predicted molar refractivity (Wildman–Crippen MR) is 155 cm³/mol. The van der Waals surface area contributed by atoms with Crippen LogP contribution in [-0.4, -0.2) is 24.9 Å². The molecule has 1 fully saturated rings. The van der Waals surface area contributed by atoms with Gasteiger partial charge in [-0.3, -0.25) is 0 Å². The number of hydrogen-bond acceptors (Lipinski definition) is 4. The number of fused-ring (bicyclic) bond motifs is 1. The van der Waals surface area contributed by atoms with Crippen molar-refractivity contribution in [2.45, 2.75) is 32.6 Å². The summed E-state index contributed by atoms with van der Waals surface area (Å²) in [6, 6.07) is 33.2. The quantitative estimate of drug-likeness (QED) is 0.202. The number of methoxy groups -OCH3 is 1. The van der Waals surface area contributed by atoms with E-state index in [1.165, 1.54) is 10.9 Å². The second-order valence-corrected chi connectivity index (χ2v) is 10.4. The van der Waals surface area contributed by atoms with Crippen molar-refractivity contribution in [1.29, 1.82) is 0 Å². The molecule has 0 saturated carbocycles. The van der Waals surface area contributed by atoms with Crippen molar-refractivity contribution in [1.82, 2.24) is 4.57 Å². The van der Waals surface area contributed by atoms with E-state index in [0.717, 1.165) is 27.9 Å². The summed E-state index contributed by atoms with van der Waals surface area (Å²) in [5.41, 5.74) is 6.38. The van der Waals surface area contributed by atoms with Crippen LogP contribution in [0, 0.1) is 6.92 Å². The Morgan fingerprint density at radius 2 is 1.36 bits per heavy atom. The van der Waals surface area contributed by atoms with Crippen LogP contribution in [0.25, 0.3) is 22.2 Å². The zero-order valence-electron chi connectivity index (χ0n) is 22.6. The van der Waals surface area contributed by atoms with E-state index in [1.54, 1.807) is 7.11 Å². The standard InChI is InChI=1S/C34H33NO4/c1-24-28(30-18-27-16-10-11-17-29(27)35(30)34(2)22-37-23-34)19-31(36-3)33(39-21-26-14-8-5-9-15-26)32(24)38-20-25-12-6-4-7-13-25/h4-19H,20-23H2,1-3H3. The van der Waals surface area contributed by atoms with Crippen molar-refractivity contribution in [3.05, 3.63) is 114 Å². The summed E-state index contributed by atoms with van der Waals surface area (Å²) in [6.45, 7) is 6.53. The lowest BCUT2D eigenvalue weighted by Crippen LogP contribution is -2.49. The van der Waals surface area contributed by atoms with E-state index in [9.17, 15) is 0 Å². The van der Waals surface area contributed by atoms with Crippen molar-refractivity contribution < 1.29 is 18.9 Å². The largest absolute Gasteiger partial charge is 0.493 e. The Kier molecular flexibility index (Phi) is 6.76. The first-order valence-electron chi connectivity index (χ1n) is 13.3. The molecule has 5 heteroatoms. The smallest absolute Gasteiger partial charge is 0.204 e. The summed E-state index contributed by atoms with van der Waals surface area (Å²) in [5, 5.41) is 1.19. The average Bonchev–Trinajstić information content (AvgIpc) is 3.35. The van der Waals surface area contributed by atoms with Gasteiger partial charge in [-0.1, -0.05) is 78.9 Å². The van der Waals surface area contributed by atoms with E-state index < -0.39 is 0 Å². The highest BCUT2D eigenvalue weighted by molar-refractivity contribution is 5.89. The van der Waals surface area contributed by atoms with E-state index in [2.05, 4.69) is 79.1 Å². The Morgan fingerprint density at radius 1 is 0.769 bits per heavy atom. The zero-order chi connectivity index (χ0) is 26.8. The monoisotopic (exact) mass is 519 g/mol. The molecule has 5 aromatic rings. The minimum absolute atomic E-state index is 0.133. The minimum atomic E-state index is -0.133. The highest BCUT2D eigenvalue weighted by Crippen LogP contribution is 2.48. The third-order valence-electron chi connectivity index (χ3n) is 7.47. The van der Waals surface area contributed by atoms with Gasteiger partial charge >= 0.3 is 0 Å². The molecule has 0 atom stereocenters. The highest BCUT2D eigenvalue weighted by atomic mass is 16.5. The molecule has 6 rings (SSSR count). The molecule has 0 radical (unpaired) electrons. The molecule has 1 aliphatic rings. The third kappa shape index (κ3) is 4.75. The second kappa shape index (κ2) is 10.5. The van der Waals surface area contributed by atoms with E-state index in [4.69, 9.17) is 18.9 Å². The van der Waals surface area contributed by atoms with Crippen LogP contribution in [0.5, 0.6) is 17.2 Å². The lowest BCUT2D eigenvalue weighted by atomic mass is 9.97. The number of hydrogen-bond donors (Lipinski definition) is 0. The van der Waals surface area contributed by atoms with Gasteiger partial charge in [0.15, 0.2) is 11.5 Å². The first-order valence-corrected chi connectivity index (χ1v) is 13.3. The van der Waals surface area contributed by atoms with Gasteiger partial charge in [-0.15, -0.1) is 0 Å². The molecule has 0 N–H and O–H groups in total. The van der Waals surface area contributed by atoms with Crippen molar-refractivity contribution in [3.63, 3.8) is 0 Å². The van der Waals surface area contributed by atoms with Gasteiger partial charge in [0.25, 0.3) is 0 Å². The molecule has 0 spiro atoms. The zero-order valence-corrected chi connectivity index (χ0v) is 22.6. The van der Waals surface area contributed by atoms with Crippen LogP contribution >= 0.6 is 0 Å². The molecule has 1 aromatic heterocycles. The maximum Gasteiger partial charge on any atom is 0.204 e. The van der Waals surface area contributed by atoms with Crippen LogP contribution in [0.2, 0.25) is 0 Å². The second-order valence-electron chi connectivity index (χ2n) is 10.4. The van der Waals surface area contributed by atoms with Crippen molar-refractivity contribution in [2.24, 2.45) is 0 Å². The summed E-state index contributed by atoms with van der Waals surface area (Å²) in [7, 11) is 1.68. The van der Waals surface area contributed by atoms with E-state index in [-0.39, 0.29) is 5.54 Å². The molecular formula is C34H33NO4. The Morgan fingerprint density at radius 3 is 1.95 bits per heavy atom. The van der Waals surface area contributed by atoms with Gasteiger partial charge in [-0.25, -0.2) is 0 Å². The summed E-state index contributed by atoms with van der Waals surface area (Å²) in [5.74, 6) is 1.94. The molecule has 5 nitrogen and oxygen atoms in total. The van der Waals surface area contributed by atoms with Crippen molar-refractivity contribution >= 4 is 10.9 Å². The topological polar surface area (TPSA) is 41.9 Å². The number of rotatable bonds is 9. The van der Waals surface area contributed by atoms with Crippen molar-refractivity contribution in [2.75, 3.05) is 20.3 Å². The third-order valence-corrected chi connectivity index (χ3v) is 7.47. The SMILES string of the molecule is COc1cc(-c2cc3ccccc3n2C2(C)COC2)c(C)c(OCc2ccccc2)c1OCc1ccccc1. The van der Waals surface area contributed by atoms with Crippen LogP contribution < -0.4 is 14.2 Å². The summed E-state index contributed by atoms with van der Waals surface area (Å²) in [4.78, 5) is 0. The van der Waals surface area contributed by atoms with Crippen LogP contribution in [0.4, 0.5) is 0 Å². The summed E-state index contributed by atoms with van der Waals surface area (Å²) >= 11 is 0. The van der Waals surface area contributed by atoms with Gasteiger partial charge in [-0.2, -0.15) is 0 Å². The van der Waals surface area contributed by atoms with Crippen LogP contribution in [0.1, 0.15) is 23.6 Å². The molecule has 198 valence electrons. The molecule has 0 aliphatic carbocycles. The number of nitrogens with zero attached hydrogens (tertiary/aromatic N) is 1. The molecule has 0 amide bonds. The van der Waals surface area contributed by atoms with Gasteiger partial charge < -0.3 is 23.5 Å². The lowest BCUT2D eigenvalue weighted by molar-refractivity contribution is -0.0866. The fourth-order valence-electron chi connectivity index (χ4n) is 5.36. The van der Waals surface area contributed by atoms with Gasteiger partial charge in [-0.05, 0) is 43.2 Å². The Labute approximate surface area is 229 Å². The predicted octanol–water partition coefficient (Wildman–Crippen LogP) is 7.53. The normalized spacial score (nSPS) is 14.1. The van der Waals surface area contributed by atoms with E-state index >= 15 is 0 Å². The molecule has 2 heterocycles. The Bertz CT molecular complexity index is 1590. The van der Waals surface area contributed by atoms with Gasteiger partial charge in [0.1, 0.15) is 13.2 Å². The molecule has 1 saturated heterocycles.